The Hall–Kier alpha value is -2.22. The van der Waals surface area contributed by atoms with Gasteiger partial charge in [0.2, 0.25) is 5.91 Å². The minimum absolute atomic E-state index is 0.169. The summed E-state index contributed by atoms with van der Waals surface area (Å²) in [5.74, 6) is 0.331. The second-order valence-electron chi connectivity index (χ2n) is 6.65. The number of hydrogen-bond donors (Lipinski definition) is 1. The van der Waals surface area contributed by atoms with Crippen molar-refractivity contribution >= 4 is 11.8 Å². The molecular weight excluding hydrogens is 324 g/mol. The van der Waals surface area contributed by atoms with E-state index in [0.29, 0.717) is 38.6 Å². The van der Waals surface area contributed by atoms with Crippen LogP contribution in [-0.4, -0.2) is 71.2 Å². The molecule has 2 fully saturated rings. The molecule has 1 aromatic heterocycles. The van der Waals surface area contributed by atoms with Crippen molar-refractivity contribution in [3.63, 3.8) is 0 Å². The zero-order valence-electron chi connectivity index (χ0n) is 14.4. The topological polar surface area (TPSA) is 95.6 Å². The molecule has 8 nitrogen and oxygen atoms in total. The number of aromatic nitrogens is 2. The van der Waals surface area contributed by atoms with Gasteiger partial charge in [0.15, 0.2) is 0 Å². The number of nitrogens with zero attached hydrogens (tertiary/aromatic N) is 3. The molecule has 0 saturated carbocycles. The summed E-state index contributed by atoms with van der Waals surface area (Å²) in [6.07, 6.45) is 2.95. The Labute approximate surface area is 146 Å². The lowest BCUT2D eigenvalue weighted by Crippen LogP contribution is -2.57. The van der Waals surface area contributed by atoms with Crippen molar-refractivity contribution in [1.29, 1.82) is 0 Å². The molecule has 1 N–H and O–H groups in total. The van der Waals surface area contributed by atoms with Crippen LogP contribution in [0.15, 0.2) is 16.9 Å². The number of fused-ring (bicyclic) bond motifs is 1. The van der Waals surface area contributed by atoms with Crippen molar-refractivity contribution in [2.24, 2.45) is 5.92 Å². The van der Waals surface area contributed by atoms with Crippen LogP contribution in [0.2, 0.25) is 0 Å². The number of ether oxygens (including phenoxy) is 1. The molecule has 0 aromatic carbocycles. The fraction of sp³-hybridized carbons (Fsp3) is 0.647. The van der Waals surface area contributed by atoms with Crippen LogP contribution in [-0.2, 0) is 9.53 Å². The predicted molar refractivity (Wildman–Crippen MR) is 90.1 cm³/mol. The molecule has 2 saturated heterocycles. The molecule has 3 rings (SSSR count). The molecule has 2 aliphatic heterocycles. The quantitative estimate of drug-likeness (QED) is 0.770. The Balaban J connectivity index is 1.65. The van der Waals surface area contributed by atoms with Crippen LogP contribution < -0.4 is 5.56 Å². The van der Waals surface area contributed by atoms with Gasteiger partial charge in [-0.3, -0.25) is 14.4 Å². The molecule has 1 aromatic rings. The highest BCUT2D eigenvalue weighted by Gasteiger charge is 2.40. The second kappa shape index (κ2) is 7.77. The summed E-state index contributed by atoms with van der Waals surface area (Å²) in [6, 6.07) is 2.96. The number of likely N-dealkylation sites (tertiary alicyclic amines) is 2. The monoisotopic (exact) mass is 348 g/mol. The first-order valence-corrected chi connectivity index (χ1v) is 8.73. The summed E-state index contributed by atoms with van der Waals surface area (Å²) in [6.45, 7) is 2.57. The van der Waals surface area contributed by atoms with Crippen LogP contribution in [0.1, 0.15) is 36.2 Å². The van der Waals surface area contributed by atoms with Gasteiger partial charge in [0.05, 0.1) is 0 Å². The Morgan fingerprint density at radius 2 is 2.20 bits per heavy atom. The molecule has 8 heteroatoms. The SMILES string of the molecule is COCCCN1C(=O)CC[C@H]2CN(C(=O)c3ccc(=O)[nH]n3)CC[C@H]21. The van der Waals surface area contributed by atoms with Crippen molar-refractivity contribution in [1.82, 2.24) is 20.0 Å². The Morgan fingerprint density at radius 1 is 1.36 bits per heavy atom. The van der Waals surface area contributed by atoms with Crippen LogP contribution in [0.4, 0.5) is 0 Å². The molecule has 3 heterocycles. The summed E-state index contributed by atoms with van der Waals surface area (Å²) in [5, 5.41) is 6.13. The zero-order valence-corrected chi connectivity index (χ0v) is 14.4. The molecular formula is C17H24N4O4. The highest BCUT2D eigenvalue weighted by atomic mass is 16.5. The Kier molecular flexibility index (Phi) is 5.47. The van der Waals surface area contributed by atoms with E-state index in [-0.39, 0.29) is 29.1 Å². The maximum atomic E-state index is 12.6. The molecule has 0 bridgehead atoms. The summed E-state index contributed by atoms with van der Waals surface area (Å²) in [4.78, 5) is 39.7. The Morgan fingerprint density at radius 3 is 2.92 bits per heavy atom. The largest absolute Gasteiger partial charge is 0.385 e. The van der Waals surface area contributed by atoms with Gasteiger partial charge in [-0.05, 0) is 31.2 Å². The van der Waals surface area contributed by atoms with Crippen LogP contribution in [0.5, 0.6) is 0 Å². The second-order valence-corrected chi connectivity index (χ2v) is 6.65. The van der Waals surface area contributed by atoms with E-state index in [0.717, 1.165) is 19.3 Å². The first kappa shape index (κ1) is 17.6. The maximum Gasteiger partial charge on any atom is 0.274 e. The van der Waals surface area contributed by atoms with Gasteiger partial charge >= 0.3 is 0 Å². The van der Waals surface area contributed by atoms with E-state index < -0.39 is 0 Å². The van der Waals surface area contributed by atoms with Crippen molar-refractivity contribution in [2.75, 3.05) is 33.4 Å². The third kappa shape index (κ3) is 3.89. The van der Waals surface area contributed by atoms with Gasteiger partial charge in [-0.2, -0.15) is 5.10 Å². The van der Waals surface area contributed by atoms with Gasteiger partial charge < -0.3 is 14.5 Å². The van der Waals surface area contributed by atoms with E-state index in [1.54, 1.807) is 12.0 Å². The zero-order chi connectivity index (χ0) is 17.8. The van der Waals surface area contributed by atoms with Gasteiger partial charge in [0.1, 0.15) is 5.69 Å². The van der Waals surface area contributed by atoms with Crippen LogP contribution in [0, 0.1) is 5.92 Å². The molecule has 0 aliphatic carbocycles. The molecule has 2 atom stereocenters. The number of hydrogen-bond acceptors (Lipinski definition) is 5. The van der Waals surface area contributed by atoms with E-state index in [1.165, 1.54) is 12.1 Å². The summed E-state index contributed by atoms with van der Waals surface area (Å²) < 4.78 is 5.09. The molecule has 2 amide bonds. The molecule has 25 heavy (non-hydrogen) atoms. The van der Waals surface area contributed by atoms with E-state index in [2.05, 4.69) is 10.2 Å². The number of aromatic amines is 1. The van der Waals surface area contributed by atoms with Gasteiger partial charge in [-0.15, -0.1) is 0 Å². The first-order chi connectivity index (χ1) is 12.1. The van der Waals surface area contributed by atoms with Gasteiger partial charge in [-0.25, -0.2) is 5.10 Å². The molecule has 2 aliphatic rings. The van der Waals surface area contributed by atoms with Crippen molar-refractivity contribution < 1.29 is 14.3 Å². The van der Waals surface area contributed by atoms with Crippen LogP contribution in [0.25, 0.3) is 0 Å². The minimum atomic E-state index is -0.326. The number of carbonyl (C=O) groups is 2. The van der Waals surface area contributed by atoms with Crippen LogP contribution in [0.3, 0.4) is 0 Å². The van der Waals surface area contributed by atoms with Crippen molar-refractivity contribution in [3.8, 4) is 0 Å². The average molecular weight is 348 g/mol. The lowest BCUT2D eigenvalue weighted by atomic mass is 9.83. The number of nitrogens with one attached hydrogen (secondary N) is 1. The number of amides is 2. The highest BCUT2D eigenvalue weighted by Crippen LogP contribution is 2.31. The highest BCUT2D eigenvalue weighted by molar-refractivity contribution is 5.92. The van der Waals surface area contributed by atoms with Gasteiger partial charge in [-0.1, -0.05) is 0 Å². The minimum Gasteiger partial charge on any atom is -0.385 e. The molecule has 0 radical (unpaired) electrons. The Bertz CT molecular complexity index is 669. The lowest BCUT2D eigenvalue weighted by molar-refractivity contribution is -0.140. The first-order valence-electron chi connectivity index (χ1n) is 8.73. The standard InChI is InChI=1S/C17H24N4O4/c1-25-10-2-8-21-14-7-9-20(11-12(14)3-6-16(21)23)17(24)13-4-5-15(22)19-18-13/h4-5,12,14H,2-3,6-11H2,1H3,(H,19,22)/t12-,14+/m0/s1. The number of methoxy groups -OCH3 is 1. The maximum absolute atomic E-state index is 12.6. The molecule has 0 spiro atoms. The number of piperidine rings is 2. The molecule has 136 valence electrons. The van der Waals surface area contributed by atoms with Gasteiger partial charge in [0.25, 0.3) is 11.5 Å². The molecule has 0 unspecified atom stereocenters. The van der Waals surface area contributed by atoms with Crippen molar-refractivity contribution in [3.05, 3.63) is 28.2 Å². The van der Waals surface area contributed by atoms with E-state index >= 15 is 0 Å². The third-order valence-corrected chi connectivity index (χ3v) is 5.08. The van der Waals surface area contributed by atoms with E-state index in [4.69, 9.17) is 4.74 Å². The summed E-state index contributed by atoms with van der Waals surface area (Å²) >= 11 is 0. The van der Waals surface area contributed by atoms with E-state index in [1.807, 2.05) is 4.90 Å². The fourth-order valence-electron chi connectivity index (χ4n) is 3.83. The number of H-pyrrole nitrogens is 1. The van der Waals surface area contributed by atoms with Crippen LogP contribution >= 0.6 is 0 Å². The number of rotatable bonds is 5. The fourth-order valence-corrected chi connectivity index (χ4v) is 3.83. The average Bonchev–Trinajstić information content (AvgIpc) is 2.63. The number of carbonyl (C=O) groups excluding carboxylic acids is 2. The smallest absolute Gasteiger partial charge is 0.274 e. The lowest BCUT2D eigenvalue weighted by Gasteiger charge is -2.47. The predicted octanol–water partition coefficient (Wildman–Crippen LogP) is 0.260. The van der Waals surface area contributed by atoms with E-state index in [9.17, 15) is 14.4 Å². The summed E-state index contributed by atoms with van der Waals surface area (Å²) in [5.41, 5.74) is -0.0744. The summed E-state index contributed by atoms with van der Waals surface area (Å²) in [7, 11) is 1.66. The van der Waals surface area contributed by atoms with Crippen molar-refractivity contribution in [2.45, 2.75) is 31.7 Å². The van der Waals surface area contributed by atoms with Gasteiger partial charge in [0, 0.05) is 51.9 Å². The third-order valence-electron chi connectivity index (χ3n) is 5.08. The normalized spacial score (nSPS) is 23.5.